The van der Waals surface area contributed by atoms with Crippen LogP contribution in [0.15, 0.2) is 18.2 Å². The molecule has 0 spiro atoms. The molecule has 0 saturated carbocycles. The number of aromatic hydroxyl groups is 1. The summed E-state index contributed by atoms with van der Waals surface area (Å²) in [6.07, 6.45) is 0. The number of rotatable bonds is 3. The molecule has 0 heterocycles. The summed E-state index contributed by atoms with van der Waals surface area (Å²) >= 11 is 0. The number of benzene rings is 1. The summed E-state index contributed by atoms with van der Waals surface area (Å²) in [5, 5.41) is 12.5. The number of nitrogens with two attached hydrogens (primary N) is 1. The van der Waals surface area contributed by atoms with Crippen molar-refractivity contribution < 1.29 is 9.90 Å². The number of amides is 1. The molecule has 0 aliphatic heterocycles. The maximum Gasteiger partial charge on any atom is 0.252 e. The third-order valence-corrected chi connectivity index (χ3v) is 1.72. The van der Waals surface area contributed by atoms with Crippen LogP contribution in [0.5, 0.6) is 5.75 Å². The monoisotopic (exact) mass is 194 g/mol. The van der Waals surface area contributed by atoms with Gasteiger partial charge in [0.2, 0.25) is 0 Å². The predicted octanol–water partition coefficient (Wildman–Crippen LogP) is 1.31. The fourth-order valence-corrected chi connectivity index (χ4v) is 1.16. The summed E-state index contributed by atoms with van der Waals surface area (Å²) in [4.78, 5) is 10.8. The van der Waals surface area contributed by atoms with Crippen LogP contribution in [-0.4, -0.2) is 17.1 Å². The highest BCUT2D eigenvalue weighted by Gasteiger charge is 2.07. The first-order chi connectivity index (χ1) is 6.50. The van der Waals surface area contributed by atoms with Crippen LogP contribution in [0.4, 0.5) is 5.69 Å². The van der Waals surface area contributed by atoms with Gasteiger partial charge in [0.15, 0.2) is 0 Å². The molecular formula is C10H14N2O2. The molecule has 0 unspecified atom stereocenters. The highest BCUT2D eigenvalue weighted by molar-refractivity contribution is 5.96. The van der Waals surface area contributed by atoms with Crippen LogP contribution >= 0.6 is 0 Å². The van der Waals surface area contributed by atoms with E-state index in [9.17, 15) is 9.90 Å². The molecule has 14 heavy (non-hydrogen) atoms. The smallest absolute Gasteiger partial charge is 0.252 e. The van der Waals surface area contributed by atoms with E-state index in [1.807, 2.05) is 13.8 Å². The van der Waals surface area contributed by atoms with E-state index < -0.39 is 5.91 Å². The molecule has 1 aromatic rings. The molecule has 0 aliphatic carbocycles. The lowest BCUT2D eigenvalue weighted by Crippen LogP contribution is -2.12. The molecule has 4 nitrogen and oxygen atoms in total. The number of hydrogen-bond donors (Lipinski definition) is 3. The second kappa shape index (κ2) is 4.00. The number of carbonyl (C=O) groups is 1. The summed E-state index contributed by atoms with van der Waals surface area (Å²) in [6.45, 7) is 3.97. The maximum absolute atomic E-state index is 10.8. The zero-order valence-corrected chi connectivity index (χ0v) is 8.24. The molecule has 0 aromatic heterocycles. The van der Waals surface area contributed by atoms with Crippen molar-refractivity contribution >= 4 is 11.6 Å². The fraction of sp³-hybridized carbons (Fsp3) is 0.300. The molecule has 1 aromatic carbocycles. The van der Waals surface area contributed by atoms with Gasteiger partial charge < -0.3 is 16.2 Å². The molecule has 0 bridgehead atoms. The normalized spacial score (nSPS) is 10.2. The van der Waals surface area contributed by atoms with Crippen molar-refractivity contribution in [2.24, 2.45) is 5.73 Å². The average Bonchev–Trinajstić information content (AvgIpc) is 2.01. The van der Waals surface area contributed by atoms with Gasteiger partial charge in [-0.1, -0.05) is 0 Å². The van der Waals surface area contributed by atoms with Crippen molar-refractivity contribution in [2.45, 2.75) is 19.9 Å². The van der Waals surface area contributed by atoms with E-state index >= 15 is 0 Å². The van der Waals surface area contributed by atoms with Gasteiger partial charge in [-0.3, -0.25) is 4.79 Å². The van der Waals surface area contributed by atoms with E-state index in [4.69, 9.17) is 5.73 Å². The molecule has 1 amide bonds. The SMILES string of the molecule is CC(C)Nc1ccc(C(N)=O)c(O)c1. The Bertz CT molecular complexity index is 348. The van der Waals surface area contributed by atoms with Crippen molar-refractivity contribution in [3.63, 3.8) is 0 Å². The van der Waals surface area contributed by atoms with Gasteiger partial charge in [-0.15, -0.1) is 0 Å². The topological polar surface area (TPSA) is 75.3 Å². The van der Waals surface area contributed by atoms with Crippen LogP contribution in [0.1, 0.15) is 24.2 Å². The number of anilines is 1. The van der Waals surface area contributed by atoms with Crippen LogP contribution in [0.25, 0.3) is 0 Å². The number of nitrogens with one attached hydrogen (secondary N) is 1. The van der Waals surface area contributed by atoms with Gasteiger partial charge in [0, 0.05) is 17.8 Å². The fourth-order valence-electron chi connectivity index (χ4n) is 1.16. The van der Waals surface area contributed by atoms with E-state index in [0.717, 1.165) is 5.69 Å². The summed E-state index contributed by atoms with van der Waals surface area (Å²) in [5.41, 5.74) is 5.95. The van der Waals surface area contributed by atoms with Crippen LogP contribution in [0.2, 0.25) is 0 Å². The Hall–Kier alpha value is -1.71. The van der Waals surface area contributed by atoms with E-state index in [-0.39, 0.29) is 17.4 Å². The second-order valence-corrected chi connectivity index (χ2v) is 3.40. The summed E-state index contributed by atoms with van der Waals surface area (Å²) in [7, 11) is 0. The molecular weight excluding hydrogens is 180 g/mol. The number of primary amides is 1. The Morgan fingerprint density at radius 3 is 2.57 bits per heavy atom. The minimum absolute atomic E-state index is 0.0943. The van der Waals surface area contributed by atoms with Crippen LogP contribution in [-0.2, 0) is 0 Å². The highest BCUT2D eigenvalue weighted by atomic mass is 16.3. The van der Waals surface area contributed by atoms with Gasteiger partial charge in [0.25, 0.3) is 5.91 Å². The first-order valence-electron chi connectivity index (χ1n) is 4.40. The number of hydrogen-bond acceptors (Lipinski definition) is 3. The molecule has 0 saturated heterocycles. The van der Waals surface area contributed by atoms with Gasteiger partial charge in [-0.25, -0.2) is 0 Å². The lowest BCUT2D eigenvalue weighted by molar-refractivity contribution is 0.0998. The van der Waals surface area contributed by atoms with Gasteiger partial charge in [-0.2, -0.15) is 0 Å². The molecule has 4 N–H and O–H groups in total. The summed E-state index contributed by atoms with van der Waals surface area (Å²) in [5.74, 6) is -0.721. The number of carbonyl (C=O) groups excluding carboxylic acids is 1. The summed E-state index contributed by atoms with van der Waals surface area (Å²) < 4.78 is 0. The quantitative estimate of drug-likeness (QED) is 0.679. The highest BCUT2D eigenvalue weighted by Crippen LogP contribution is 2.21. The lowest BCUT2D eigenvalue weighted by atomic mass is 10.1. The van der Waals surface area contributed by atoms with Crippen molar-refractivity contribution in [2.75, 3.05) is 5.32 Å². The Kier molecular flexibility index (Phi) is 2.96. The molecule has 76 valence electrons. The van der Waals surface area contributed by atoms with Crippen molar-refractivity contribution in [3.05, 3.63) is 23.8 Å². The van der Waals surface area contributed by atoms with Crippen LogP contribution in [0, 0.1) is 0 Å². The minimum Gasteiger partial charge on any atom is -0.507 e. The zero-order chi connectivity index (χ0) is 10.7. The largest absolute Gasteiger partial charge is 0.507 e. The van der Waals surface area contributed by atoms with E-state index in [1.165, 1.54) is 12.1 Å². The Morgan fingerprint density at radius 1 is 1.50 bits per heavy atom. The van der Waals surface area contributed by atoms with Crippen molar-refractivity contribution in [3.8, 4) is 5.75 Å². The zero-order valence-electron chi connectivity index (χ0n) is 8.24. The Morgan fingerprint density at radius 2 is 2.14 bits per heavy atom. The molecule has 0 aliphatic rings. The van der Waals surface area contributed by atoms with E-state index in [1.54, 1.807) is 6.07 Å². The van der Waals surface area contributed by atoms with Gasteiger partial charge in [0.1, 0.15) is 5.75 Å². The van der Waals surface area contributed by atoms with Gasteiger partial charge >= 0.3 is 0 Å². The molecule has 4 heteroatoms. The standard InChI is InChI=1S/C10H14N2O2/c1-6(2)12-7-3-4-8(10(11)14)9(13)5-7/h3-6,12-13H,1-2H3,(H2,11,14). The molecule has 0 fully saturated rings. The van der Waals surface area contributed by atoms with Gasteiger partial charge in [0.05, 0.1) is 5.56 Å². The van der Waals surface area contributed by atoms with Crippen molar-refractivity contribution in [1.82, 2.24) is 0 Å². The Balaban J connectivity index is 2.94. The van der Waals surface area contributed by atoms with Gasteiger partial charge in [-0.05, 0) is 26.0 Å². The third-order valence-electron chi connectivity index (χ3n) is 1.72. The lowest BCUT2D eigenvalue weighted by Gasteiger charge is -2.10. The number of phenols is 1. The van der Waals surface area contributed by atoms with Crippen molar-refractivity contribution in [1.29, 1.82) is 0 Å². The van der Waals surface area contributed by atoms with Crippen LogP contribution < -0.4 is 11.1 Å². The Labute approximate surface area is 82.7 Å². The third kappa shape index (κ3) is 2.39. The van der Waals surface area contributed by atoms with Crippen LogP contribution in [0.3, 0.4) is 0 Å². The summed E-state index contributed by atoms with van der Waals surface area (Å²) in [6, 6.07) is 4.97. The predicted molar refractivity (Wildman–Crippen MR) is 55.4 cm³/mol. The molecule has 0 atom stereocenters. The first kappa shape index (κ1) is 10.4. The average molecular weight is 194 g/mol. The minimum atomic E-state index is -0.626. The molecule has 0 radical (unpaired) electrons. The van der Waals surface area contributed by atoms with E-state index in [2.05, 4.69) is 5.32 Å². The van der Waals surface area contributed by atoms with E-state index in [0.29, 0.717) is 0 Å². The maximum atomic E-state index is 10.8. The molecule has 1 rings (SSSR count). The first-order valence-corrected chi connectivity index (χ1v) is 4.40. The second-order valence-electron chi connectivity index (χ2n) is 3.40.